The molecule has 0 spiro atoms. The van der Waals surface area contributed by atoms with Crippen LogP contribution in [0.15, 0.2) is 77.7 Å². The number of carbonyl (C=O) groups excluding carboxylic acids is 2. The quantitative estimate of drug-likeness (QED) is 0.438. The fraction of sp³-hybridized carbons (Fsp3) is 0.231. The lowest BCUT2D eigenvalue weighted by molar-refractivity contribution is -0.141. The summed E-state index contributed by atoms with van der Waals surface area (Å²) in [7, 11) is -3.35. The van der Waals surface area contributed by atoms with E-state index < -0.39 is 33.1 Å². The predicted octanol–water partition coefficient (Wildman–Crippen LogP) is 4.11. The summed E-state index contributed by atoms with van der Waals surface area (Å²) in [5.74, 6) is -1.32. The van der Waals surface area contributed by atoms with Crippen LogP contribution in [0.5, 0.6) is 11.5 Å². The molecule has 0 radical (unpaired) electrons. The molecule has 9 heteroatoms. The number of methoxy groups -OCH3 is 1. The third-order valence-electron chi connectivity index (χ3n) is 5.36. The molecule has 0 aromatic heterocycles. The number of ether oxygens (including phenoxy) is 3. The van der Waals surface area contributed by atoms with Gasteiger partial charge in [0.2, 0.25) is 9.84 Å². The SMILES string of the molecule is CCOC(=O)c1cccc(Oc2ccccc2)c1C(N)(CC(=O)OC)S(=O)(=O)c1ccc(C)cc1. The van der Waals surface area contributed by atoms with E-state index in [1.54, 1.807) is 49.4 Å². The maximum Gasteiger partial charge on any atom is 0.338 e. The van der Waals surface area contributed by atoms with Crippen molar-refractivity contribution in [3.05, 3.63) is 89.5 Å². The molecule has 8 nitrogen and oxygen atoms in total. The van der Waals surface area contributed by atoms with Crippen molar-refractivity contribution in [1.29, 1.82) is 0 Å². The van der Waals surface area contributed by atoms with Gasteiger partial charge in [0.05, 0.1) is 30.6 Å². The van der Waals surface area contributed by atoms with E-state index in [4.69, 9.17) is 19.9 Å². The Morgan fingerprint density at radius 1 is 0.943 bits per heavy atom. The van der Waals surface area contributed by atoms with Crippen LogP contribution in [-0.4, -0.2) is 34.1 Å². The van der Waals surface area contributed by atoms with Crippen LogP contribution in [-0.2, 0) is 29.0 Å². The molecule has 0 aliphatic rings. The number of para-hydroxylation sites is 1. The van der Waals surface area contributed by atoms with Crippen LogP contribution in [0.1, 0.15) is 34.8 Å². The van der Waals surface area contributed by atoms with Crippen molar-refractivity contribution >= 4 is 21.8 Å². The number of benzene rings is 3. The summed E-state index contributed by atoms with van der Waals surface area (Å²) in [6.45, 7) is 3.47. The number of aryl methyl sites for hydroxylation is 1. The van der Waals surface area contributed by atoms with Gasteiger partial charge in [0.15, 0.2) is 4.87 Å². The van der Waals surface area contributed by atoms with Gasteiger partial charge in [-0.25, -0.2) is 13.2 Å². The van der Waals surface area contributed by atoms with Crippen LogP contribution in [0.2, 0.25) is 0 Å². The lowest BCUT2D eigenvalue weighted by Crippen LogP contribution is -2.48. The Kier molecular flexibility index (Phi) is 7.93. The molecule has 184 valence electrons. The first-order valence-electron chi connectivity index (χ1n) is 10.8. The minimum atomic E-state index is -4.47. The van der Waals surface area contributed by atoms with Gasteiger partial charge >= 0.3 is 11.9 Å². The Hall–Kier alpha value is -3.69. The Bertz CT molecular complexity index is 1310. The number of sulfone groups is 1. The van der Waals surface area contributed by atoms with E-state index in [-0.39, 0.29) is 28.4 Å². The first-order chi connectivity index (χ1) is 16.6. The molecule has 0 aliphatic heterocycles. The number of esters is 2. The van der Waals surface area contributed by atoms with E-state index >= 15 is 0 Å². The lowest BCUT2D eigenvalue weighted by Gasteiger charge is -2.32. The number of hydrogen-bond acceptors (Lipinski definition) is 8. The number of rotatable bonds is 9. The highest BCUT2D eigenvalue weighted by atomic mass is 32.2. The molecular weight excluding hydrogens is 470 g/mol. The van der Waals surface area contributed by atoms with Crippen molar-refractivity contribution in [3.8, 4) is 11.5 Å². The van der Waals surface area contributed by atoms with Crippen LogP contribution in [0.25, 0.3) is 0 Å². The lowest BCUT2D eigenvalue weighted by atomic mass is 9.96. The second-order valence-electron chi connectivity index (χ2n) is 7.77. The first-order valence-corrected chi connectivity index (χ1v) is 12.3. The minimum absolute atomic E-state index is 0.0103. The van der Waals surface area contributed by atoms with Crippen molar-refractivity contribution in [2.75, 3.05) is 13.7 Å². The fourth-order valence-corrected chi connectivity index (χ4v) is 5.28. The van der Waals surface area contributed by atoms with Gasteiger partial charge in [-0.15, -0.1) is 0 Å². The third-order valence-corrected chi connectivity index (χ3v) is 7.56. The van der Waals surface area contributed by atoms with Crippen LogP contribution >= 0.6 is 0 Å². The van der Waals surface area contributed by atoms with E-state index in [2.05, 4.69) is 0 Å². The van der Waals surface area contributed by atoms with Gasteiger partial charge in [-0.2, -0.15) is 0 Å². The molecule has 0 fully saturated rings. The average molecular weight is 498 g/mol. The van der Waals surface area contributed by atoms with Crippen molar-refractivity contribution in [2.24, 2.45) is 5.73 Å². The predicted molar refractivity (Wildman–Crippen MR) is 130 cm³/mol. The summed E-state index contributed by atoms with van der Waals surface area (Å²) in [4.78, 5) is 22.9. The second-order valence-corrected chi connectivity index (χ2v) is 9.98. The molecule has 1 unspecified atom stereocenters. The highest BCUT2D eigenvalue weighted by Gasteiger charge is 2.49. The van der Waals surface area contributed by atoms with Gasteiger partial charge < -0.3 is 19.9 Å². The summed E-state index contributed by atoms with van der Waals surface area (Å²) >= 11 is 0. The zero-order valence-corrected chi connectivity index (χ0v) is 20.5. The second kappa shape index (κ2) is 10.7. The molecule has 3 aromatic carbocycles. The Morgan fingerprint density at radius 3 is 2.20 bits per heavy atom. The van der Waals surface area contributed by atoms with Crippen LogP contribution < -0.4 is 10.5 Å². The normalized spacial score (nSPS) is 12.9. The highest BCUT2D eigenvalue weighted by Crippen LogP contribution is 2.43. The van der Waals surface area contributed by atoms with E-state index in [1.165, 1.54) is 30.3 Å². The standard InChI is InChI=1S/C26H27NO7S/c1-4-33-25(29)21-11-8-12-22(34-19-9-6-5-7-10-19)24(21)26(27,17-23(28)32-3)35(30,31)20-15-13-18(2)14-16-20/h5-16H,4,17,27H2,1-3H3. The molecule has 0 aliphatic carbocycles. The molecule has 35 heavy (non-hydrogen) atoms. The first kappa shape index (κ1) is 25.9. The van der Waals surface area contributed by atoms with E-state index in [0.29, 0.717) is 5.75 Å². The molecule has 3 aromatic rings. The van der Waals surface area contributed by atoms with E-state index in [9.17, 15) is 18.0 Å². The minimum Gasteiger partial charge on any atom is -0.469 e. The summed E-state index contributed by atoms with van der Waals surface area (Å²) in [5.41, 5.74) is 7.15. The smallest absolute Gasteiger partial charge is 0.338 e. The van der Waals surface area contributed by atoms with Gasteiger partial charge in [-0.05, 0) is 50.2 Å². The van der Waals surface area contributed by atoms with Gasteiger partial charge in [0.25, 0.3) is 0 Å². The summed E-state index contributed by atoms with van der Waals surface area (Å²) in [6, 6.07) is 19.0. The topological polar surface area (TPSA) is 122 Å². The molecule has 0 saturated carbocycles. The molecule has 0 heterocycles. The van der Waals surface area contributed by atoms with Gasteiger partial charge in [-0.3, -0.25) is 4.79 Å². The zero-order valence-electron chi connectivity index (χ0n) is 19.7. The maximum atomic E-state index is 14.0. The van der Waals surface area contributed by atoms with Gasteiger partial charge in [0.1, 0.15) is 11.5 Å². The molecule has 0 bridgehead atoms. The number of hydrogen-bond donors (Lipinski definition) is 1. The summed E-state index contributed by atoms with van der Waals surface area (Å²) in [6.07, 6.45) is -0.777. The van der Waals surface area contributed by atoms with Crippen LogP contribution in [0.4, 0.5) is 0 Å². The van der Waals surface area contributed by atoms with Gasteiger partial charge in [-0.1, -0.05) is 42.0 Å². The summed E-state index contributed by atoms with van der Waals surface area (Å²) < 4.78 is 44.0. The number of nitrogens with two attached hydrogens (primary N) is 1. The third kappa shape index (κ3) is 5.36. The van der Waals surface area contributed by atoms with Crippen molar-refractivity contribution < 1.29 is 32.2 Å². The van der Waals surface area contributed by atoms with Crippen molar-refractivity contribution in [1.82, 2.24) is 0 Å². The van der Waals surface area contributed by atoms with Crippen LogP contribution in [0.3, 0.4) is 0 Å². The molecule has 2 N–H and O–H groups in total. The molecular formula is C26H27NO7S. The van der Waals surface area contributed by atoms with Crippen molar-refractivity contribution in [2.45, 2.75) is 30.0 Å². The molecule has 0 amide bonds. The Labute approximate surface area is 204 Å². The largest absolute Gasteiger partial charge is 0.469 e. The Morgan fingerprint density at radius 2 is 1.60 bits per heavy atom. The van der Waals surface area contributed by atoms with Gasteiger partial charge in [0, 0.05) is 5.56 Å². The summed E-state index contributed by atoms with van der Waals surface area (Å²) in [5, 5.41) is 0. The zero-order chi connectivity index (χ0) is 25.6. The monoisotopic (exact) mass is 497 g/mol. The Balaban J connectivity index is 2.35. The maximum absolute atomic E-state index is 14.0. The molecule has 3 rings (SSSR count). The van der Waals surface area contributed by atoms with Crippen molar-refractivity contribution in [3.63, 3.8) is 0 Å². The molecule has 1 atom stereocenters. The fourth-order valence-electron chi connectivity index (χ4n) is 3.58. The highest BCUT2D eigenvalue weighted by molar-refractivity contribution is 7.92. The van der Waals surface area contributed by atoms with E-state index in [1.807, 2.05) is 6.92 Å². The number of carbonyl (C=O) groups is 2. The molecule has 0 saturated heterocycles. The average Bonchev–Trinajstić information content (AvgIpc) is 2.84. The van der Waals surface area contributed by atoms with E-state index in [0.717, 1.165) is 12.7 Å². The van der Waals surface area contributed by atoms with Crippen LogP contribution in [0, 0.1) is 6.92 Å².